The van der Waals surface area contributed by atoms with E-state index in [1.54, 1.807) is 36.4 Å². The molecule has 3 aromatic carbocycles. The summed E-state index contributed by atoms with van der Waals surface area (Å²) in [5.41, 5.74) is 1.01. The number of rotatable bonds is 14. The molecule has 0 heterocycles. The normalized spacial score (nSPS) is 14.1. The molecule has 0 spiro atoms. The van der Waals surface area contributed by atoms with E-state index in [4.69, 9.17) is 18.9 Å². The second kappa shape index (κ2) is 16.1. The highest BCUT2D eigenvalue weighted by Gasteiger charge is 2.36. The van der Waals surface area contributed by atoms with E-state index < -0.39 is 51.9 Å². The van der Waals surface area contributed by atoms with Gasteiger partial charge in [0.1, 0.15) is 29.1 Å². The molecule has 0 unspecified atom stereocenters. The smallest absolute Gasteiger partial charge is 0.248 e. The number of carbonyl (C=O) groups excluding carboxylic acids is 3. The summed E-state index contributed by atoms with van der Waals surface area (Å²) in [7, 11) is 3.89. The van der Waals surface area contributed by atoms with Crippen LogP contribution in [-0.2, 0) is 25.2 Å². The van der Waals surface area contributed by atoms with Gasteiger partial charge in [0.15, 0.2) is 11.5 Å². The fraction of sp³-hybridized carbons (Fsp3) is 0.364. The van der Waals surface area contributed by atoms with Gasteiger partial charge in [0, 0.05) is 28.2 Å². The Labute approximate surface area is 269 Å². The molecule has 1 fully saturated rings. The number of carbonyl (C=O) groups is 3. The van der Waals surface area contributed by atoms with Gasteiger partial charge in [0.25, 0.3) is 0 Å². The maximum atomic E-state index is 14.2. The van der Waals surface area contributed by atoms with Crippen LogP contribution in [0.5, 0.6) is 23.0 Å². The molecule has 0 bridgehead atoms. The molecule has 1 saturated carbocycles. The van der Waals surface area contributed by atoms with Crippen LogP contribution in [0.4, 0.5) is 15.8 Å². The van der Waals surface area contributed by atoms with Gasteiger partial charge in [-0.3, -0.25) is 23.5 Å². The molecular weight excluding hydrogens is 617 g/mol. The third-order valence-electron chi connectivity index (χ3n) is 7.53. The van der Waals surface area contributed by atoms with Gasteiger partial charge in [-0.05, 0) is 79.1 Å². The van der Waals surface area contributed by atoms with E-state index in [0.717, 1.165) is 25.7 Å². The van der Waals surface area contributed by atoms with E-state index in [-0.39, 0.29) is 17.5 Å². The lowest BCUT2D eigenvalue weighted by Gasteiger charge is -2.33. The van der Waals surface area contributed by atoms with Gasteiger partial charge >= 0.3 is 0 Å². The summed E-state index contributed by atoms with van der Waals surface area (Å²) in [5.74, 6) is -1.89. The van der Waals surface area contributed by atoms with Crippen molar-refractivity contribution in [3.05, 3.63) is 72.0 Å². The summed E-state index contributed by atoms with van der Waals surface area (Å²) >= 11 is 0. The molecule has 0 aliphatic heterocycles. The van der Waals surface area contributed by atoms with E-state index in [1.807, 2.05) is 0 Å². The predicted octanol–water partition coefficient (Wildman–Crippen LogP) is 4.38. The summed E-state index contributed by atoms with van der Waals surface area (Å²) in [4.78, 5) is 42.2. The standard InChI is InChI=1S/C33H38FN3O8S/c1-42-26-15-13-25(14-16-26)37(30(39)20-46(41)19-29(38)35-24-11-9-22(34)10-12-24)31(33(40)36-23-7-5-6-8-23)21-17-27(43-2)32(45-4)28(18-21)44-3/h9-18,23,31H,5-8,19-20H2,1-4H3,(H,35,38)(H,36,40)/t31-,46+/m1/s1. The van der Waals surface area contributed by atoms with Gasteiger partial charge in [0.2, 0.25) is 23.5 Å². The van der Waals surface area contributed by atoms with Crippen LogP contribution in [0.2, 0.25) is 0 Å². The predicted molar refractivity (Wildman–Crippen MR) is 173 cm³/mol. The minimum Gasteiger partial charge on any atom is -0.497 e. The largest absolute Gasteiger partial charge is 0.497 e. The minimum atomic E-state index is -1.97. The molecule has 11 nitrogen and oxygen atoms in total. The van der Waals surface area contributed by atoms with Crippen LogP contribution in [0.15, 0.2) is 60.7 Å². The molecular formula is C33H38FN3O8S. The first kappa shape index (κ1) is 34.2. The second-order valence-corrected chi connectivity index (χ2v) is 12.1. The van der Waals surface area contributed by atoms with Crippen molar-refractivity contribution < 1.29 is 41.9 Å². The molecule has 1 aliphatic rings. The van der Waals surface area contributed by atoms with Crippen LogP contribution in [0.25, 0.3) is 0 Å². The van der Waals surface area contributed by atoms with Gasteiger partial charge in [-0.15, -0.1) is 0 Å². The average Bonchev–Trinajstić information content (AvgIpc) is 3.56. The molecule has 0 saturated heterocycles. The Kier molecular flexibility index (Phi) is 12.0. The number of amides is 3. The molecule has 0 aromatic heterocycles. The van der Waals surface area contributed by atoms with Gasteiger partial charge in [0.05, 0.1) is 28.4 Å². The number of nitrogens with one attached hydrogen (secondary N) is 2. The lowest BCUT2D eigenvalue weighted by atomic mass is 10.0. The molecule has 3 aromatic rings. The number of anilines is 2. The van der Waals surface area contributed by atoms with E-state index in [9.17, 15) is 23.0 Å². The Balaban J connectivity index is 1.72. The summed E-state index contributed by atoms with van der Waals surface area (Å²) in [6, 6.07) is 13.5. The van der Waals surface area contributed by atoms with Crippen molar-refractivity contribution >= 4 is 39.9 Å². The number of methoxy groups -OCH3 is 4. The molecule has 46 heavy (non-hydrogen) atoms. The zero-order chi connectivity index (χ0) is 33.2. The maximum absolute atomic E-state index is 14.2. The van der Waals surface area contributed by atoms with E-state index in [2.05, 4.69) is 10.6 Å². The van der Waals surface area contributed by atoms with Crippen molar-refractivity contribution in [1.82, 2.24) is 5.32 Å². The summed E-state index contributed by atoms with van der Waals surface area (Å²) in [6.07, 6.45) is 3.55. The van der Waals surface area contributed by atoms with Crippen molar-refractivity contribution in [2.45, 2.75) is 37.8 Å². The van der Waals surface area contributed by atoms with Crippen LogP contribution in [0, 0.1) is 5.82 Å². The number of nitrogens with zero attached hydrogens (tertiary/aromatic N) is 1. The molecule has 2 N–H and O–H groups in total. The first-order chi connectivity index (χ1) is 22.2. The van der Waals surface area contributed by atoms with Crippen molar-refractivity contribution in [2.24, 2.45) is 0 Å². The molecule has 4 rings (SSSR count). The minimum absolute atomic E-state index is 0.0749. The molecule has 2 atom stereocenters. The Morgan fingerprint density at radius 2 is 1.48 bits per heavy atom. The number of hydrogen-bond donors (Lipinski definition) is 2. The van der Waals surface area contributed by atoms with Crippen LogP contribution in [0.3, 0.4) is 0 Å². The highest BCUT2D eigenvalue weighted by atomic mass is 32.2. The lowest BCUT2D eigenvalue weighted by Crippen LogP contribution is -2.47. The Hall–Kier alpha value is -4.65. The van der Waals surface area contributed by atoms with Gasteiger partial charge in [-0.2, -0.15) is 0 Å². The van der Waals surface area contributed by atoms with E-state index >= 15 is 0 Å². The monoisotopic (exact) mass is 655 g/mol. The molecule has 3 amide bonds. The first-order valence-electron chi connectivity index (χ1n) is 14.6. The van der Waals surface area contributed by atoms with Gasteiger partial charge in [-0.25, -0.2) is 4.39 Å². The number of benzene rings is 3. The summed E-state index contributed by atoms with van der Waals surface area (Å²) in [6.45, 7) is 0. The second-order valence-electron chi connectivity index (χ2n) is 10.6. The van der Waals surface area contributed by atoms with Crippen LogP contribution in [-0.4, -0.2) is 67.9 Å². The quantitative estimate of drug-likeness (QED) is 0.262. The summed E-state index contributed by atoms with van der Waals surface area (Å²) < 4.78 is 48.3. The van der Waals surface area contributed by atoms with Crippen molar-refractivity contribution in [3.63, 3.8) is 0 Å². The number of halogens is 1. The fourth-order valence-electron chi connectivity index (χ4n) is 5.34. The van der Waals surface area contributed by atoms with E-state index in [0.29, 0.717) is 28.4 Å². The van der Waals surface area contributed by atoms with Crippen LogP contribution < -0.4 is 34.5 Å². The SMILES string of the molecule is COc1ccc(N(C(=O)C[S@@](=O)CC(=O)Nc2ccc(F)cc2)[C@@H](C(=O)NC2CCCC2)c2cc(OC)c(OC)c(OC)c2)cc1. The number of ether oxygens (including phenoxy) is 4. The van der Waals surface area contributed by atoms with Crippen molar-refractivity contribution in [1.29, 1.82) is 0 Å². The fourth-order valence-corrected chi connectivity index (χ4v) is 6.22. The number of hydrogen-bond acceptors (Lipinski definition) is 8. The average molecular weight is 656 g/mol. The van der Waals surface area contributed by atoms with Gasteiger partial charge in [-0.1, -0.05) is 12.8 Å². The Bertz CT molecular complexity index is 1520. The Morgan fingerprint density at radius 3 is 2.02 bits per heavy atom. The van der Waals surface area contributed by atoms with Crippen LogP contribution >= 0.6 is 0 Å². The molecule has 0 radical (unpaired) electrons. The zero-order valence-electron chi connectivity index (χ0n) is 26.2. The molecule has 13 heteroatoms. The van der Waals surface area contributed by atoms with Crippen molar-refractivity contribution in [3.8, 4) is 23.0 Å². The van der Waals surface area contributed by atoms with Gasteiger partial charge < -0.3 is 29.6 Å². The highest BCUT2D eigenvalue weighted by Crippen LogP contribution is 2.42. The first-order valence-corrected chi connectivity index (χ1v) is 16.1. The lowest BCUT2D eigenvalue weighted by molar-refractivity contribution is -0.126. The van der Waals surface area contributed by atoms with Crippen molar-refractivity contribution in [2.75, 3.05) is 50.2 Å². The summed E-state index contributed by atoms with van der Waals surface area (Å²) in [5, 5.41) is 5.64. The zero-order valence-corrected chi connectivity index (χ0v) is 27.0. The molecule has 1 aliphatic carbocycles. The third-order valence-corrected chi connectivity index (χ3v) is 8.69. The highest BCUT2D eigenvalue weighted by molar-refractivity contribution is 7.86. The third kappa shape index (κ3) is 8.53. The van der Waals surface area contributed by atoms with Crippen LogP contribution in [0.1, 0.15) is 37.3 Å². The topological polar surface area (TPSA) is 132 Å². The molecule has 246 valence electrons. The maximum Gasteiger partial charge on any atom is 0.248 e. The Morgan fingerprint density at radius 1 is 0.870 bits per heavy atom. The van der Waals surface area contributed by atoms with E-state index in [1.165, 1.54) is 57.6 Å².